The highest BCUT2D eigenvalue weighted by Crippen LogP contribution is 2.20. The number of nitrogens with one attached hydrogen (secondary N) is 2. The molecule has 3 nitrogen and oxygen atoms in total. The maximum absolute atomic E-state index is 7.06. The third kappa shape index (κ3) is 2.99. The number of allylic oxidation sites excluding steroid dienone is 1. The Morgan fingerprint density at radius 2 is 2.20 bits per heavy atom. The summed E-state index contributed by atoms with van der Waals surface area (Å²) in [6.07, 6.45) is 1.21. The van der Waals surface area contributed by atoms with Crippen molar-refractivity contribution in [3.63, 3.8) is 0 Å². The highest BCUT2D eigenvalue weighted by atomic mass is 35.5. The first-order valence-corrected chi connectivity index (χ1v) is 4.92. The van der Waals surface area contributed by atoms with Crippen LogP contribution in [0.5, 0.6) is 0 Å². The van der Waals surface area contributed by atoms with Crippen LogP contribution in [-0.2, 0) is 0 Å². The van der Waals surface area contributed by atoms with Gasteiger partial charge in [0.25, 0.3) is 0 Å². The Labute approximate surface area is 94.4 Å². The number of rotatable bonds is 3. The molecule has 0 fully saturated rings. The zero-order chi connectivity index (χ0) is 11.4. The summed E-state index contributed by atoms with van der Waals surface area (Å²) in [7, 11) is 0. The summed E-state index contributed by atoms with van der Waals surface area (Å²) in [5.41, 5.74) is 8.29. The van der Waals surface area contributed by atoms with Crippen molar-refractivity contribution in [1.29, 1.82) is 5.41 Å². The lowest BCUT2D eigenvalue weighted by Crippen LogP contribution is -2.12. The summed E-state index contributed by atoms with van der Waals surface area (Å²) >= 11 is 5.90. The molecule has 0 aromatic heterocycles. The Morgan fingerprint density at radius 1 is 1.53 bits per heavy atom. The molecule has 0 heterocycles. The molecule has 0 saturated heterocycles. The number of hydrogen-bond donors (Lipinski definition) is 3. The summed E-state index contributed by atoms with van der Waals surface area (Å²) in [4.78, 5) is 0. The minimum Gasteiger partial charge on any atom is -0.385 e. The highest BCUT2D eigenvalue weighted by molar-refractivity contribution is 6.31. The van der Waals surface area contributed by atoms with Crippen LogP contribution in [0.1, 0.15) is 12.5 Å². The first kappa shape index (κ1) is 11.6. The molecule has 0 radical (unpaired) electrons. The van der Waals surface area contributed by atoms with E-state index in [0.717, 1.165) is 16.3 Å². The molecule has 0 spiro atoms. The molecule has 0 unspecified atom stereocenters. The third-order valence-corrected chi connectivity index (χ3v) is 2.50. The van der Waals surface area contributed by atoms with E-state index < -0.39 is 0 Å². The SMILES string of the molecule is C/C(C=N)=C(/N)Nc1ccc(Cl)c(C)c1. The van der Waals surface area contributed by atoms with E-state index in [1.807, 2.05) is 25.1 Å². The molecular formula is C11H14ClN3. The van der Waals surface area contributed by atoms with Gasteiger partial charge in [0.15, 0.2) is 0 Å². The van der Waals surface area contributed by atoms with Crippen LogP contribution in [0.3, 0.4) is 0 Å². The average Bonchev–Trinajstić information content (AvgIpc) is 2.22. The molecule has 0 bridgehead atoms. The van der Waals surface area contributed by atoms with Crippen molar-refractivity contribution in [3.05, 3.63) is 40.2 Å². The maximum Gasteiger partial charge on any atom is 0.105 e. The molecular weight excluding hydrogens is 210 g/mol. The minimum atomic E-state index is 0.478. The fraction of sp³-hybridized carbons (Fsp3) is 0.182. The number of aryl methyl sites for hydroxylation is 1. The molecule has 1 aromatic rings. The van der Waals surface area contributed by atoms with Crippen LogP contribution in [0.4, 0.5) is 5.69 Å². The van der Waals surface area contributed by atoms with Crippen molar-refractivity contribution >= 4 is 23.5 Å². The predicted molar refractivity (Wildman–Crippen MR) is 65.5 cm³/mol. The molecule has 0 atom stereocenters. The van der Waals surface area contributed by atoms with E-state index in [9.17, 15) is 0 Å². The van der Waals surface area contributed by atoms with E-state index in [0.29, 0.717) is 11.4 Å². The summed E-state index contributed by atoms with van der Waals surface area (Å²) < 4.78 is 0. The summed E-state index contributed by atoms with van der Waals surface area (Å²) in [6, 6.07) is 5.57. The highest BCUT2D eigenvalue weighted by Gasteiger charge is 1.99. The Kier molecular flexibility index (Phi) is 3.74. The van der Waals surface area contributed by atoms with Crippen LogP contribution in [0.25, 0.3) is 0 Å². The van der Waals surface area contributed by atoms with Gasteiger partial charge in [0.2, 0.25) is 0 Å². The second-order valence-corrected chi connectivity index (χ2v) is 3.74. The van der Waals surface area contributed by atoms with Crippen LogP contribution in [-0.4, -0.2) is 6.21 Å². The molecule has 0 aliphatic carbocycles. The second kappa shape index (κ2) is 4.84. The molecule has 1 aromatic carbocycles. The Bertz CT molecular complexity index is 410. The van der Waals surface area contributed by atoms with Gasteiger partial charge in [0.05, 0.1) is 0 Å². The third-order valence-electron chi connectivity index (χ3n) is 2.08. The molecule has 0 aliphatic heterocycles. The predicted octanol–water partition coefficient (Wildman–Crippen LogP) is 2.90. The van der Waals surface area contributed by atoms with Gasteiger partial charge in [-0.2, -0.15) is 0 Å². The van der Waals surface area contributed by atoms with Gasteiger partial charge in [-0.1, -0.05) is 11.6 Å². The van der Waals surface area contributed by atoms with Crippen molar-refractivity contribution in [1.82, 2.24) is 0 Å². The first-order valence-electron chi connectivity index (χ1n) is 4.54. The quantitative estimate of drug-likeness (QED) is 0.690. The number of halogens is 1. The van der Waals surface area contributed by atoms with Gasteiger partial charge in [-0.05, 0) is 37.6 Å². The molecule has 1 rings (SSSR count). The summed E-state index contributed by atoms with van der Waals surface area (Å²) in [6.45, 7) is 3.70. The Morgan fingerprint density at radius 3 is 2.73 bits per heavy atom. The van der Waals surface area contributed by atoms with Gasteiger partial charge in [-0.15, -0.1) is 0 Å². The Balaban J connectivity index is 2.91. The smallest absolute Gasteiger partial charge is 0.105 e. The fourth-order valence-corrected chi connectivity index (χ4v) is 1.17. The van der Waals surface area contributed by atoms with E-state index in [1.54, 1.807) is 6.92 Å². The van der Waals surface area contributed by atoms with Crippen molar-refractivity contribution in [2.45, 2.75) is 13.8 Å². The lowest BCUT2D eigenvalue weighted by molar-refractivity contribution is 1.25. The van der Waals surface area contributed by atoms with E-state index in [-0.39, 0.29) is 0 Å². The van der Waals surface area contributed by atoms with E-state index in [2.05, 4.69) is 5.32 Å². The van der Waals surface area contributed by atoms with Crippen molar-refractivity contribution in [2.75, 3.05) is 5.32 Å². The van der Waals surface area contributed by atoms with Crippen molar-refractivity contribution in [2.24, 2.45) is 5.73 Å². The van der Waals surface area contributed by atoms with Crippen LogP contribution >= 0.6 is 11.6 Å². The molecule has 4 N–H and O–H groups in total. The Hall–Kier alpha value is -1.48. The zero-order valence-corrected chi connectivity index (χ0v) is 9.52. The zero-order valence-electron chi connectivity index (χ0n) is 8.76. The van der Waals surface area contributed by atoms with Crippen LogP contribution in [0, 0.1) is 12.3 Å². The summed E-state index contributed by atoms with van der Waals surface area (Å²) in [5, 5.41) is 10.8. The van der Waals surface area contributed by atoms with Gasteiger partial charge in [-0.25, -0.2) is 0 Å². The van der Waals surface area contributed by atoms with E-state index in [1.165, 1.54) is 6.21 Å². The van der Waals surface area contributed by atoms with E-state index >= 15 is 0 Å². The van der Waals surface area contributed by atoms with Gasteiger partial charge in [0, 0.05) is 22.5 Å². The van der Waals surface area contributed by atoms with Gasteiger partial charge in [-0.3, -0.25) is 0 Å². The first-order chi connectivity index (χ1) is 7.04. The second-order valence-electron chi connectivity index (χ2n) is 3.33. The minimum absolute atomic E-state index is 0.478. The normalized spacial score (nSPS) is 11.9. The van der Waals surface area contributed by atoms with Crippen LogP contribution in [0.2, 0.25) is 5.02 Å². The molecule has 15 heavy (non-hydrogen) atoms. The monoisotopic (exact) mass is 223 g/mol. The molecule has 0 amide bonds. The van der Waals surface area contributed by atoms with Crippen molar-refractivity contribution < 1.29 is 0 Å². The largest absolute Gasteiger partial charge is 0.385 e. The lowest BCUT2D eigenvalue weighted by Gasteiger charge is -2.09. The molecule has 4 heteroatoms. The van der Waals surface area contributed by atoms with Crippen LogP contribution in [0.15, 0.2) is 29.6 Å². The van der Waals surface area contributed by atoms with Gasteiger partial charge in [0.1, 0.15) is 5.82 Å². The topological polar surface area (TPSA) is 61.9 Å². The number of benzene rings is 1. The average molecular weight is 224 g/mol. The van der Waals surface area contributed by atoms with Gasteiger partial charge < -0.3 is 16.5 Å². The van der Waals surface area contributed by atoms with Gasteiger partial charge >= 0.3 is 0 Å². The number of anilines is 1. The number of hydrogen-bond acceptors (Lipinski definition) is 3. The molecule has 0 aliphatic rings. The lowest BCUT2D eigenvalue weighted by atomic mass is 10.2. The fourth-order valence-electron chi connectivity index (χ4n) is 1.05. The van der Waals surface area contributed by atoms with E-state index in [4.69, 9.17) is 22.7 Å². The van der Waals surface area contributed by atoms with Crippen molar-refractivity contribution in [3.8, 4) is 0 Å². The maximum atomic E-state index is 7.06. The standard InChI is InChI=1S/C11H14ClN3/c1-7-5-9(3-4-10(7)12)15-11(14)8(2)6-13/h3-6,13,15H,14H2,1-2H3/b11-8+,13-6?. The van der Waals surface area contributed by atoms with Crippen LogP contribution < -0.4 is 11.1 Å². The molecule has 80 valence electrons. The molecule has 0 saturated carbocycles. The number of nitrogens with two attached hydrogens (primary N) is 1. The summed E-state index contributed by atoms with van der Waals surface area (Å²) in [5.74, 6) is 0.478.